The molecule has 1 aliphatic rings. The van der Waals surface area contributed by atoms with E-state index in [1.165, 1.54) is 11.5 Å². The van der Waals surface area contributed by atoms with Gasteiger partial charge in [-0.3, -0.25) is 19.1 Å². The van der Waals surface area contributed by atoms with Crippen LogP contribution in [0.15, 0.2) is 47.5 Å². The van der Waals surface area contributed by atoms with Crippen LogP contribution in [0.4, 0.5) is 0 Å². The average molecular weight is 363 g/mol. The summed E-state index contributed by atoms with van der Waals surface area (Å²) in [7, 11) is 0. The van der Waals surface area contributed by atoms with Gasteiger partial charge in [-0.25, -0.2) is 4.79 Å². The molecule has 136 valence electrons. The van der Waals surface area contributed by atoms with E-state index in [1.807, 2.05) is 24.3 Å². The van der Waals surface area contributed by atoms with Crippen LogP contribution in [0.2, 0.25) is 0 Å². The average Bonchev–Trinajstić information content (AvgIpc) is 2.66. The Bertz CT molecular complexity index is 1150. The zero-order chi connectivity index (χ0) is 19.1. The van der Waals surface area contributed by atoms with Crippen LogP contribution in [-0.4, -0.2) is 38.0 Å². The van der Waals surface area contributed by atoms with Crippen LogP contribution >= 0.6 is 0 Å². The van der Waals surface area contributed by atoms with Crippen molar-refractivity contribution in [2.45, 2.75) is 19.9 Å². The number of aromatic nitrogens is 2. The van der Waals surface area contributed by atoms with Crippen LogP contribution in [0, 0.1) is 0 Å². The van der Waals surface area contributed by atoms with E-state index in [1.54, 1.807) is 23.4 Å². The minimum absolute atomic E-state index is 0.0809. The summed E-state index contributed by atoms with van der Waals surface area (Å²) in [6.45, 7) is 2.17. The molecular weight excluding hydrogens is 346 g/mol. The molecule has 1 aliphatic heterocycles. The molecule has 0 unspecified atom stereocenters. The number of para-hydroxylation sites is 1. The van der Waals surface area contributed by atoms with E-state index in [4.69, 9.17) is 0 Å². The van der Waals surface area contributed by atoms with Gasteiger partial charge in [0.1, 0.15) is 5.56 Å². The molecule has 7 heteroatoms. The number of fused-ring (bicyclic) bond motifs is 2. The number of hydrogen-bond donors (Lipinski definition) is 1. The van der Waals surface area contributed by atoms with Crippen molar-refractivity contribution in [2.75, 3.05) is 6.54 Å². The predicted molar refractivity (Wildman–Crippen MR) is 99.1 cm³/mol. The predicted octanol–water partition coefficient (Wildman–Crippen LogP) is 1.99. The molecule has 3 heterocycles. The van der Waals surface area contributed by atoms with E-state index in [9.17, 15) is 19.5 Å². The fourth-order valence-corrected chi connectivity index (χ4v) is 3.53. The molecule has 0 spiro atoms. The zero-order valence-electron chi connectivity index (χ0n) is 14.7. The third-order valence-electron chi connectivity index (χ3n) is 4.91. The van der Waals surface area contributed by atoms with Crippen LogP contribution in [0.5, 0.6) is 0 Å². The van der Waals surface area contributed by atoms with Crippen molar-refractivity contribution in [3.8, 4) is 5.69 Å². The van der Waals surface area contributed by atoms with Gasteiger partial charge >= 0.3 is 5.97 Å². The lowest BCUT2D eigenvalue weighted by molar-refractivity contribution is -0.129. The van der Waals surface area contributed by atoms with Gasteiger partial charge in [0.15, 0.2) is 0 Å². The van der Waals surface area contributed by atoms with Crippen molar-refractivity contribution in [3.05, 3.63) is 69.8 Å². The second-order valence-electron chi connectivity index (χ2n) is 6.56. The van der Waals surface area contributed by atoms with E-state index >= 15 is 0 Å². The molecule has 0 bridgehead atoms. The Kier molecular flexibility index (Phi) is 3.99. The second-order valence-corrected chi connectivity index (χ2v) is 6.56. The normalized spacial score (nSPS) is 13.4. The summed E-state index contributed by atoms with van der Waals surface area (Å²) >= 11 is 0. The molecule has 4 rings (SSSR count). The zero-order valence-corrected chi connectivity index (χ0v) is 14.7. The van der Waals surface area contributed by atoms with Crippen molar-refractivity contribution >= 4 is 22.8 Å². The molecule has 1 aromatic carbocycles. The maximum absolute atomic E-state index is 12.9. The molecule has 27 heavy (non-hydrogen) atoms. The maximum atomic E-state index is 12.9. The van der Waals surface area contributed by atoms with Crippen molar-refractivity contribution in [3.63, 3.8) is 0 Å². The summed E-state index contributed by atoms with van der Waals surface area (Å²) in [4.78, 5) is 42.4. The monoisotopic (exact) mass is 363 g/mol. The number of pyridine rings is 2. The number of hydrogen-bond acceptors (Lipinski definition) is 4. The van der Waals surface area contributed by atoms with Gasteiger partial charge < -0.3 is 10.0 Å². The summed E-state index contributed by atoms with van der Waals surface area (Å²) in [6, 6.07) is 9.29. The number of nitrogens with zero attached hydrogens (tertiary/aromatic N) is 3. The second kappa shape index (κ2) is 6.35. The number of aromatic carboxylic acids is 1. The molecule has 1 N–H and O–H groups in total. The lowest BCUT2D eigenvalue weighted by Crippen LogP contribution is -2.38. The number of amides is 1. The Labute approximate surface area is 154 Å². The Morgan fingerprint density at radius 1 is 1.22 bits per heavy atom. The number of carbonyl (C=O) groups is 2. The molecule has 0 saturated heterocycles. The highest BCUT2D eigenvalue weighted by atomic mass is 16.4. The van der Waals surface area contributed by atoms with E-state index in [2.05, 4.69) is 4.98 Å². The highest BCUT2D eigenvalue weighted by Crippen LogP contribution is 2.23. The van der Waals surface area contributed by atoms with Gasteiger partial charge in [-0.1, -0.05) is 18.2 Å². The highest BCUT2D eigenvalue weighted by Gasteiger charge is 2.27. The van der Waals surface area contributed by atoms with Gasteiger partial charge in [0.25, 0.3) is 5.56 Å². The third-order valence-corrected chi connectivity index (χ3v) is 4.91. The van der Waals surface area contributed by atoms with Crippen LogP contribution in [0.25, 0.3) is 16.6 Å². The fraction of sp³-hybridized carbons (Fsp3) is 0.200. The van der Waals surface area contributed by atoms with Gasteiger partial charge in [0, 0.05) is 31.6 Å². The smallest absolute Gasteiger partial charge is 0.341 e. The first-order valence-corrected chi connectivity index (χ1v) is 8.57. The van der Waals surface area contributed by atoms with Crippen LogP contribution in [0.1, 0.15) is 28.4 Å². The van der Waals surface area contributed by atoms with Crippen LogP contribution in [-0.2, 0) is 17.8 Å². The molecule has 1 amide bonds. The first-order valence-electron chi connectivity index (χ1n) is 8.57. The SMILES string of the molecule is CC(=O)N1CCc2c(cn(-c3cnc4ccccc4c3)c(=O)c2C(=O)O)C1. The first kappa shape index (κ1) is 17.0. The Morgan fingerprint density at radius 3 is 2.74 bits per heavy atom. The Hall–Kier alpha value is -3.48. The molecule has 0 atom stereocenters. The van der Waals surface area contributed by atoms with Gasteiger partial charge in [0.2, 0.25) is 5.91 Å². The van der Waals surface area contributed by atoms with Gasteiger partial charge in [-0.15, -0.1) is 0 Å². The number of benzene rings is 1. The van der Waals surface area contributed by atoms with Gasteiger partial charge in [-0.05, 0) is 29.7 Å². The van der Waals surface area contributed by atoms with E-state index in [-0.39, 0.29) is 18.0 Å². The maximum Gasteiger partial charge on any atom is 0.341 e. The van der Waals surface area contributed by atoms with E-state index in [0.717, 1.165) is 10.9 Å². The van der Waals surface area contributed by atoms with Crippen molar-refractivity contribution in [2.24, 2.45) is 0 Å². The minimum Gasteiger partial charge on any atom is -0.477 e. The number of carbonyl (C=O) groups excluding carboxylic acids is 1. The lowest BCUT2D eigenvalue weighted by Gasteiger charge is -2.29. The largest absolute Gasteiger partial charge is 0.477 e. The molecule has 7 nitrogen and oxygen atoms in total. The third kappa shape index (κ3) is 2.87. The van der Waals surface area contributed by atoms with Crippen molar-refractivity contribution < 1.29 is 14.7 Å². The van der Waals surface area contributed by atoms with E-state index < -0.39 is 11.5 Å². The first-order chi connectivity index (χ1) is 13.0. The quantitative estimate of drug-likeness (QED) is 0.752. The summed E-state index contributed by atoms with van der Waals surface area (Å²) in [5, 5.41) is 10.5. The summed E-state index contributed by atoms with van der Waals surface area (Å²) < 4.78 is 1.31. The van der Waals surface area contributed by atoms with Crippen molar-refractivity contribution in [1.82, 2.24) is 14.5 Å². The minimum atomic E-state index is -1.25. The van der Waals surface area contributed by atoms with Gasteiger partial charge in [0.05, 0.1) is 17.4 Å². The highest BCUT2D eigenvalue weighted by molar-refractivity contribution is 5.90. The molecule has 3 aromatic rings. The molecular formula is C20H17N3O4. The van der Waals surface area contributed by atoms with Gasteiger partial charge in [-0.2, -0.15) is 0 Å². The number of rotatable bonds is 2. The molecule has 0 aliphatic carbocycles. The lowest BCUT2D eigenvalue weighted by atomic mass is 9.96. The molecule has 0 radical (unpaired) electrons. The van der Waals surface area contributed by atoms with E-state index in [0.29, 0.717) is 29.8 Å². The van der Waals surface area contributed by atoms with Crippen molar-refractivity contribution in [1.29, 1.82) is 0 Å². The van der Waals surface area contributed by atoms with Crippen LogP contribution < -0.4 is 5.56 Å². The summed E-state index contributed by atoms with van der Waals surface area (Å²) in [5.74, 6) is -1.33. The Morgan fingerprint density at radius 2 is 2.00 bits per heavy atom. The molecule has 0 saturated carbocycles. The summed E-state index contributed by atoms with van der Waals surface area (Å²) in [5.41, 5.74) is 1.63. The standard InChI is InChI=1S/C20H17N3O4/c1-12(24)22-7-6-16-14(10-22)11-23(19(25)18(16)20(26)27)15-8-13-4-2-3-5-17(13)21-9-15/h2-5,8-9,11H,6-7,10H2,1H3,(H,26,27). The Balaban J connectivity index is 1.93. The van der Waals surface area contributed by atoms with Crippen LogP contribution in [0.3, 0.4) is 0 Å². The number of carboxylic acids is 1. The fourth-order valence-electron chi connectivity index (χ4n) is 3.53. The summed E-state index contributed by atoms with van der Waals surface area (Å²) in [6.07, 6.45) is 3.53. The topological polar surface area (TPSA) is 92.5 Å². The molecule has 2 aromatic heterocycles. The number of carboxylic acid groups (broad SMARTS) is 1. The molecule has 0 fully saturated rings.